The molecule has 8 nitrogen and oxygen atoms in total. The van der Waals surface area contributed by atoms with Gasteiger partial charge in [0, 0.05) is 11.3 Å². The lowest BCUT2D eigenvalue weighted by atomic mass is 10.2. The Labute approximate surface area is 187 Å². The number of carbonyl (C=O) groups excluding carboxylic acids is 1. The van der Waals surface area contributed by atoms with E-state index in [-0.39, 0.29) is 21.0 Å². The summed E-state index contributed by atoms with van der Waals surface area (Å²) in [7, 11) is -8.16. The van der Waals surface area contributed by atoms with E-state index in [0.29, 0.717) is 12.1 Å². The zero-order chi connectivity index (χ0) is 24.3. The Bertz CT molecular complexity index is 1340. The van der Waals surface area contributed by atoms with Crippen molar-refractivity contribution in [3.05, 3.63) is 90.0 Å². The fourth-order valence-electron chi connectivity index (χ4n) is 2.57. The molecule has 3 aromatic carbocycles. The van der Waals surface area contributed by atoms with Crippen molar-refractivity contribution < 1.29 is 34.8 Å². The van der Waals surface area contributed by atoms with Crippen LogP contribution in [-0.2, 0) is 26.2 Å². The number of hydrogen-bond acceptors (Lipinski definition) is 5. The summed E-state index contributed by atoms with van der Waals surface area (Å²) >= 11 is 0. The van der Waals surface area contributed by atoms with E-state index in [1.54, 1.807) is 6.07 Å². The van der Waals surface area contributed by atoms with Crippen LogP contribution in [0.2, 0.25) is 0 Å². The number of hydrogen-bond donors (Lipinski definition) is 3. The number of alkyl halides is 3. The van der Waals surface area contributed by atoms with Crippen LogP contribution >= 0.6 is 0 Å². The van der Waals surface area contributed by atoms with Crippen molar-refractivity contribution in [2.75, 3.05) is 4.72 Å². The molecule has 0 fully saturated rings. The van der Waals surface area contributed by atoms with Crippen molar-refractivity contribution in [2.45, 2.75) is 16.0 Å². The maximum atomic E-state index is 12.6. The molecule has 0 radical (unpaired) electrons. The first-order chi connectivity index (χ1) is 15.4. The summed E-state index contributed by atoms with van der Waals surface area (Å²) in [6.07, 6.45) is -4.60. The molecule has 0 aliphatic heterocycles. The number of benzene rings is 3. The zero-order valence-electron chi connectivity index (χ0n) is 16.5. The Morgan fingerprint density at radius 3 is 1.79 bits per heavy atom. The fraction of sp³-hybridized carbons (Fsp3) is 0.0500. The average molecular weight is 499 g/mol. The summed E-state index contributed by atoms with van der Waals surface area (Å²) in [6.45, 7) is 0. The molecule has 3 N–H and O–H groups in total. The van der Waals surface area contributed by atoms with Crippen LogP contribution in [0.3, 0.4) is 0 Å². The fourth-order valence-corrected chi connectivity index (χ4v) is 4.49. The lowest BCUT2D eigenvalue weighted by Gasteiger charge is -2.11. The molecule has 0 unspecified atom stereocenters. The highest BCUT2D eigenvalue weighted by Gasteiger charge is 2.30. The maximum absolute atomic E-state index is 12.6. The van der Waals surface area contributed by atoms with Crippen molar-refractivity contribution in [1.82, 2.24) is 10.3 Å². The predicted octanol–water partition coefficient (Wildman–Crippen LogP) is 3.13. The summed E-state index contributed by atoms with van der Waals surface area (Å²) in [6, 6.07) is 15.2. The molecule has 174 valence electrons. The molecule has 33 heavy (non-hydrogen) atoms. The van der Waals surface area contributed by atoms with Crippen LogP contribution in [0.25, 0.3) is 0 Å². The topological polar surface area (TPSA) is 121 Å². The third-order valence-corrected chi connectivity index (χ3v) is 6.90. The van der Waals surface area contributed by atoms with Gasteiger partial charge in [0.2, 0.25) is 0 Å². The molecule has 3 aromatic rings. The summed E-state index contributed by atoms with van der Waals surface area (Å²) in [5.41, 5.74) is 1.11. The van der Waals surface area contributed by atoms with Gasteiger partial charge in [0.1, 0.15) is 0 Å². The standard InChI is InChI=1S/C20H16F3N3O5S2/c21-20(22,23)15-8-12-18(13-9-15)32(28,29)25-16-10-6-14(7-11-16)19(27)24-26-33(30,31)17-4-2-1-3-5-17/h1-13,25-26H,(H,24,27). The summed E-state index contributed by atoms with van der Waals surface area (Å²) < 4.78 is 89.1. The largest absolute Gasteiger partial charge is 0.416 e. The van der Waals surface area contributed by atoms with Gasteiger partial charge in [-0.15, -0.1) is 4.83 Å². The first-order valence-electron chi connectivity index (χ1n) is 9.06. The van der Waals surface area contributed by atoms with E-state index < -0.39 is 37.7 Å². The van der Waals surface area contributed by atoms with Crippen molar-refractivity contribution >= 4 is 31.6 Å². The third-order valence-electron chi connectivity index (χ3n) is 4.24. The molecule has 0 bridgehead atoms. The number of sulfonamides is 2. The second kappa shape index (κ2) is 9.21. The Balaban J connectivity index is 1.65. The van der Waals surface area contributed by atoms with Gasteiger partial charge < -0.3 is 0 Å². The van der Waals surface area contributed by atoms with Crippen LogP contribution in [0.4, 0.5) is 18.9 Å². The van der Waals surface area contributed by atoms with Crippen LogP contribution < -0.4 is 15.0 Å². The van der Waals surface area contributed by atoms with Crippen molar-refractivity contribution in [3.8, 4) is 0 Å². The summed E-state index contributed by atoms with van der Waals surface area (Å²) in [5.74, 6) is -0.799. The van der Waals surface area contributed by atoms with Gasteiger partial charge in [0.25, 0.3) is 26.0 Å². The molecule has 0 saturated carbocycles. The molecule has 3 rings (SSSR count). The average Bonchev–Trinajstić information content (AvgIpc) is 2.78. The molecule has 0 spiro atoms. The second-order valence-electron chi connectivity index (χ2n) is 6.58. The molecular formula is C20H16F3N3O5S2. The van der Waals surface area contributed by atoms with Gasteiger partial charge in [-0.2, -0.15) is 13.2 Å². The minimum Gasteiger partial charge on any atom is -0.280 e. The van der Waals surface area contributed by atoms with E-state index in [1.807, 2.05) is 10.3 Å². The van der Waals surface area contributed by atoms with Gasteiger partial charge in [0.05, 0.1) is 15.4 Å². The number of amides is 1. The minimum atomic E-state index is -4.60. The molecule has 1 amide bonds. The van der Waals surface area contributed by atoms with E-state index in [1.165, 1.54) is 48.5 Å². The van der Waals surface area contributed by atoms with Crippen LogP contribution in [0.15, 0.2) is 88.7 Å². The predicted molar refractivity (Wildman–Crippen MR) is 113 cm³/mol. The first kappa shape index (κ1) is 24.2. The molecule has 0 saturated heterocycles. The highest BCUT2D eigenvalue weighted by molar-refractivity contribution is 7.92. The smallest absolute Gasteiger partial charge is 0.280 e. The van der Waals surface area contributed by atoms with E-state index >= 15 is 0 Å². The molecule has 0 aliphatic carbocycles. The van der Waals surface area contributed by atoms with E-state index in [4.69, 9.17) is 0 Å². The summed E-state index contributed by atoms with van der Waals surface area (Å²) in [4.78, 5) is 13.7. The first-order valence-corrected chi connectivity index (χ1v) is 12.0. The van der Waals surface area contributed by atoms with Gasteiger partial charge >= 0.3 is 6.18 Å². The minimum absolute atomic E-state index is 0.0169. The number of hydrazine groups is 1. The van der Waals surface area contributed by atoms with Gasteiger partial charge in [-0.05, 0) is 60.7 Å². The molecule has 0 heterocycles. The molecule has 0 aliphatic rings. The van der Waals surface area contributed by atoms with Gasteiger partial charge in [0.15, 0.2) is 0 Å². The van der Waals surface area contributed by atoms with Gasteiger partial charge in [-0.3, -0.25) is 14.9 Å². The Hall–Kier alpha value is -3.42. The highest BCUT2D eigenvalue weighted by Crippen LogP contribution is 2.30. The van der Waals surface area contributed by atoms with Gasteiger partial charge in [-0.25, -0.2) is 16.8 Å². The van der Waals surface area contributed by atoms with Crippen LogP contribution in [0.1, 0.15) is 15.9 Å². The third kappa shape index (κ3) is 6.09. The van der Waals surface area contributed by atoms with Crippen molar-refractivity contribution in [2.24, 2.45) is 0 Å². The van der Waals surface area contributed by atoms with Crippen molar-refractivity contribution in [3.63, 3.8) is 0 Å². The van der Waals surface area contributed by atoms with Crippen LogP contribution in [0, 0.1) is 0 Å². The quantitative estimate of drug-likeness (QED) is 0.432. The number of rotatable bonds is 7. The van der Waals surface area contributed by atoms with E-state index in [0.717, 1.165) is 12.1 Å². The number of anilines is 1. The number of carbonyl (C=O) groups is 1. The molecule has 13 heteroatoms. The monoisotopic (exact) mass is 499 g/mol. The molecule has 0 aromatic heterocycles. The van der Waals surface area contributed by atoms with Crippen LogP contribution in [-0.4, -0.2) is 22.7 Å². The lowest BCUT2D eigenvalue weighted by molar-refractivity contribution is -0.137. The van der Waals surface area contributed by atoms with Crippen LogP contribution in [0.5, 0.6) is 0 Å². The normalized spacial score (nSPS) is 12.2. The van der Waals surface area contributed by atoms with Gasteiger partial charge in [-0.1, -0.05) is 18.2 Å². The summed E-state index contributed by atoms with van der Waals surface area (Å²) in [5, 5.41) is 0. The Kier molecular flexibility index (Phi) is 6.76. The molecule has 0 atom stereocenters. The second-order valence-corrected chi connectivity index (χ2v) is 9.94. The zero-order valence-corrected chi connectivity index (χ0v) is 18.1. The van der Waals surface area contributed by atoms with E-state index in [2.05, 4.69) is 4.72 Å². The van der Waals surface area contributed by atoms with E-state index in [9.17, 15) is 34.8 Å². The molecular weight excluding hydrogens is 483 g/mol. The highest BCUT2D eigenvalue weighted by atomic mass is 32.2. The SMILES string of the molecule is O=C(NNS(=O)(=O)c1ccccc1)c1ccc(NS(=O)(=O)c2ccc(C(F)(F)F)cc2)cc1. The Morgan fingerprint density at radius 1 is 0.697 bits per heavy atom. The van der Waals surface area contributed by atoms with Crippen molar-refractivity contribution in [1.29, 1.82) is 0 Å². The number of halogens is 3. The maximum Gasteiger partial charge on any atom is 0.416 e. The number of nitrogens with one attached hydrogen (secondary N) is 3. The Morgan fingerprint density at radius 2 is 1.24 bits per heavy atom. The lowest BCUT2D eigenvalue weighted by Crippen LogP contribution is -2.41.